The Hall–Kier alpha value is -2.08. The molecule has 6 nitrogen and oxygen atoms in total. The summed E-state index contributed by atoms with van der Waals surface area (Å²) < 4.78 is 11.2. The largest absolute Gasteiger partial charge is 0.492 e. The summed E-state index contributed by atoms with van der Waals surface area (Å²) in [7, 11) is 0. The van der Waals surface area contributed by atoms with Crippen molar-refractivity contribution in [2.24, 2.45) is 0 Å². The number of likely N-dealkylation sites (tertiary alicyclic amines) is 1. The van der Waals surface area contributed by atoms with Gasteiger partial charge in [0, 0.05) is 25.9 Å². The summed E-state index contributed by atoms with van der Waals surface area (Å²) in [5.74, 6) is 1.33. The van der Waals surface area contributed by atoms with Crippen molar-refractivity contribution in [1.29, 1.82) is 0 Å². The molecule has 1 amide bonds. The lowest BCUT2D eigenvalue weighted by molar-refractivity contribution is -0.124. The predicted octanol–water partition coefficient (Wildman–Crippen LogP) is 2.09. The highest BCUT2D eigenvalue weighted by atomic mass is 16.5. The zero-order valence-corrected chi connectivity index (χ0v) is 13.8. The number of carbonyl (C=O) groups is 2. The van der Waals surface area contributed by atoms with Crippen molar-refractivity contribution in [2.75, 3.05) is 38.2 Å². The summed E-state index contributed by atoms with van der Waals surface area (Å²) in [4.78, 5) is 25.6. The topological polar surface area (TPSA) is 67.9 Å². The molecule has 0 atom stereocenters. The molecule has 1 fully saturated rings. The summed E-state index contributed by atoms with van der Waals surface area (Å²) in [6.07, 6.45) is 1.04. The maximum absolute atomic E-state index is 12.3. The standard InChI is InChI=1S/C17H24N2O4/c1-3-22-14-6-5-7-15(23-4-2)17(14)18-16(21)12-19-10-8-13(20)9-11-19/h5-7H,3-4,8-12H2,1-2H3,(H,18,21). The fourth-order valence-corrected chi connectivity index (χ4v) is 2.53. The fourth-order valence-electron chi connectivity index (χ4n) is 2.53. The minimum Gasteiger partial charge on any atom is -0.492 e. The van der Waals surface area contributed by atoms with Crippen LogP contribution in [0.4, 0.5) is 5.69 Å². The number of para-hydroxylation sites is 1. The van der Waals surface area contributed by atoms with Gasteiger partial charge in [0.2, 0.25) is 5.91 Å². The Labute approximate surface area is 136 Å². The first-order valence-electron chi connectivity index (χ1n) is 8.06. The van der Waals surface area contributed by atoms with Crippen LogP contribution in [0.2, 0.25) is 0 Å². The van der Waals surface area contributed by atoms with Gasteiger partial charge in [-0.3, -0.25) is 14.5 Å². The van der Waals surface area contributed by atoms with Gasteiger partial charge < -0.3 is 14.8 Å². The lowest BCUT2D eigenvalue weighted by Crippen LogP contribution is -2.39. The molecule has 1 N–H and O–H groups in total. The molecule has 1 heterocycles. The van der Waals surface area contributed by atoms with Gasteiger partial charge in [0.1, 0.15) is 23.0 Å². The summed E-state index contributed by atoms with van der Waals surface area (Å²) >= 11 is 0. The fraction of sp³-hybridized carbons (Fsp3) is 0.529. The summed E-state index contributed by atoms with van der Waals surface area (Å²) in [5, 5.41) is 2.89. The molecule has 6 heteroatoms. The van der Waals surface area contributed by atoms with Crippen LogP contribution in [0.15, 0.2) is 18.2 Å². The van der Waals surface area contributed by atoms with Gasteiger partial charge in [-0.25, -0.2) is 0 Å². The Balaban J connectivity index is 2.04. The highest BCUT2D eigenvalue weighted by molar-refractivity contribution is 5.95. The lowest BCUT2D eigenvalue weighted by Gasteiger charge is -2.25. The molecular formula is C17H24N2O4. The second-order valence-corrected chi connectivity index (χ2v) is 5.36. The van der Waals surface area contributed by atoms with E-state index in [1.807, 2.05) is 24.8 Å². The van der Waals surface area contributed by atoms with Crippen LogP contribution in [-0.2, 0) is 9.59 Å². The number of nitrogens with zero attached hydrogens (tertiary/aromatic N) is 1. The second-order valence-electron chi connectivity index (χ2n) is 5.36. The number of ether oxygens (including phenoxy) is 2. The third kappa shape index (κ3) is 4.96. The van der Waals surface area contributed by atoms with E-state index < -0.39 is 0 Å². The van der Waals surface area contributed by atoms with Crippen LogP contribution in [0.3, 0.4) is 0 Å². The Morgan fingerprint density at radius 2 is 1.70 bits per heavy atom. The predicted molar refractivity (Wildman–Crippen MR) is 88.1 cm³/mol. The molecule has 0 saturated carbocycles. The number of hydrogen-bond donors (Lipinski definition) is 1. The first kappa shape index (κ1) is 17.3. The molecule has 0 unspecified atom stereocenters. The van der Waals surface area contributed by atoms with Crippen LogP contribution >= 0.6 is 0 Å². The van der Waals surface area contributed by atoms with Gasteiger partial charge in [-0.2, -0.15) is 0 Å². The molecule has 126 valence electrons. The molecule has 0 bridgehead atoms. The van der Waals surface area contributed by atoms with E-state index in [4.69, 9.17) is 9.47 Å². The number of hydrogen-bond acceptors (Lipinski definition) is 5. The van der Waals surface area contributed by atoms with E-state index in [1.54, 1.807) is 12.1 Å². The van der Waals surface area contributed by atoms with Crippen LogP contribution in [0.5, 0.6) is 11.5 Å². The summed E-state index contributed by atoms with van der Waals surface area (Å²) in [5.41, 5.74) is 0.564. The van der Waals surface area contributed by atoms with E-state index >= 15 is 0 Å². The van der Waals surface area contributed by atoms with Crippen LogP contribution in [0.1, 0.15) is 26.7 Å². The van der Waals surface area contributed by atoms with Crippen molar-refractivity contribution in [3.63, 3.8) is 0 Å². The molecular weight excluding hydrogens is 296 g/mol. The molecule has 0 radical (unpaired) electrons. The molecule has 1 aromatic carbocycles. The Morgan fingerprint density at radius 1 is 1.13 bits per heavy atom. The average molecular weight is 320 g/mol. The highest BCUT2D eigenvalue weighted by Gasteiger charge is 2.20. The van der Waals surface area contributed by atoms with Crippen molar-refractivity contribution >= 4 is 17.4 Å². The van der Waals surface area contributed by atoms with Crippen molar-refractivity contribution in [1.82, 2.24) is 4.90 Å². The summed E-state index contributed by atoms with van der Waals surface area (Å²) in [6, 6.07) is 5.45. The number of amides is 1. The zero-order chi connectivity index (χ0) is 16.7. The molecule has 1 aliphatic heterocycles. The highest BCUT2D eigenvalue weighted by Crippen LogP contribution is 2.34. The van der Waals surface area contributed by atoms with Crippen molar-refractivity contribution in [3.05, 3.63) is 18.2 Å². The Morgan fingerprint density at radius 3 is 2.22 bits per heavy atom. The van der Waals surface area contributed by atoms with Gasteiger partial charge in [-0.1, -0.05) is 6.07 Å². The van der Waals surface area contributed by atoms with Gasteiger partial charge in [0.25, 0.3) is 0 Å². The van der Waals surface area contributed by atoms with Gasteiger partial charge >= 0.3 is 0 Å². The van der Waals surface area contributed by atoms with Crippen LogP contribution in [0, 0.1) is 0 Å². The third-order valence-corrected chi connectivity index (χ3v) is 3.63. The van der Waals surface area contributed by atoms with Crippen LogP contribution in [0.25, 0.3) is 0 Å². The van der Waals surface area contributed by atoms with E-state index in [1.165, 1.54) is 0 Å². The number of benzene rings is 1. The van der Waals surface area contributed by atoms with E-state index in [0.717, 1.165) is 0 Å². The van der Waals surface area contributed by atoms with E-state index in [-0.39, 0.29) is 18.2 Å². The first-order valence-corrected chi connectivity index (χ1v) is 8.06. The van der Waals surface area contributed by atoms with Gasteiger partial charge in [-0.15, -0.1) is 0 Å². The molecule has 0 aromatic heterocycles. The molecule has 2 rings (SSSR count). The Kier molecular flexibility index (Phi) is 6.40. The number of Topliss-reactive ketones (excluding diaryl/α,β-unsaturated/α-hetero) is 1. The smallest absolute Gasteiger partial charge is 0.238 e. The first-order chi connectivity index (χ1) is 11.1. The Bertz CT molecular complexity index is 525. The molecule has 0 aliphatic carbocycles. The molecule has 23 heavy (non-hydrogen) atoms. The van der Waals surface area contributed by atoms with Crippen molar-refractivity contribution in [2.45, 2.75) is 26.7 Å². The van der Waals surface area contributed by atoms with E-state index in [0.29, 0.717) is 56.3 Å². The number of ketones is 1. The minimum atomic E-state index is -0.132. The number of nitrogens with one attached hydrogen (secondary N) is 1. The number of carbonyl (C=O) groups excluding carboxylic acids is 2. The zero-order valence-electron chi connectivity index (χ0n) is 13.8. The van der Waals surface area contributed by atoms with E-state index in [9.17, 15) is 9.59 Å². The molecule has 1 saturated heterocycles. The SMILES string of the molecule is CCOc1cccc(OCC)c1NC(=O)CN1CCC(=O)CC1. The summed E-state index contributed by atoms with van der Waals surface area (Å²) in [6.45, 7) is 6.33. The van der Waals surface area contributed by atoms with Gasteiger partial charge in [0.05, 0.1) is 19.8 Å². The number of piperidine rings is 1. The van der Waals surface area contributed by atoms with E-state index in [2.05, 4.69) is 5.32 Å². The molecule has 1 aromatic rings. The van der Waals surface area contributed by atoms with Crippen LogP contribution in [-0.4, -0.2) is 49.4 Å². The van der Waals surface area contributed by atoms with Crippen LogP contribution < -0.4 is 14.8 Å². The second kappa shape index (κ2) is 8.53. The molecule has 1 aliphatic rings. The minimum absolute atomic E-state index is 0.132. The normalized spacial score (nSPS) is 15.3. The third-order valence-electron chi connectivity index (χ3n) is 3.63. The van der Waals surface area contributed by atoms with Gasteiger partial charge in [-0.05, 0) is 26.0 Å². The maximum Gasteiger partial charge on any atom is 0.238 e. The van der Waals surface area contributed by atoms with Crippen molar-refractivity contribution < 1.29 is 19.1 Å². The number of rotatable bonds is 7. The maximum atomic E-state index is 12.3. The lowest BCUT2D eigenvalue weighted by atomic mass is 10.1. The van der Waals surface area contributed by atoms with Crippen molar-refractivity contribution in [3.8, 4) is 11.5 Å². The molecule has 0 spiro atoms. The van der Waals surface area contributed by atoms with Gasteiger partial charge in [0.15, 0.2) is 0 Å². The average Bonchev–Trinajstić information content (AvgIpc) is 2.53. The quantitative estimate of drug-likeness (QED) is 0.833. The monoisotopic (exact) mass is 320 g/mol. The number of anilines is 1.